The average Bonchev–Trinajstić information content (AvgIpc) is 3.25. The van der Waals surface area contributed by atoms with Gasteiger partial charge in [-0.15, -0.1) is 10.2 Å². The molecule has 2 atom stereocenters. The largest absolute Gasteiger partial charge is 0.416 e. The number of alkyl halides is 3. The molecule has 5 nitrogen and oxygen atoms in total. The van der Waals surface area contributed by atoms with Gasteiger partial charge in [0.1, 0.15) is 0 Å². The van der Waals surface area contributed by atoms with Crippen LogP contribution >= 0.6 is 11.8 Å². The van der Waals surface area contributed by atoms with Crippen molar-refractivity contribution < 1.29 is 13.2 Å². The van der Waals surface area contributed by atoms with Crippen LogP contribution in [0.4, 0.5) is 13.2 Å². The van der Waals surface area contributed by atoms with Crippen LogP contribution in [0.2, 0.25) is 0 Å². The van der Waals surface area contributed by atoms with E-state index in [1.165, 1.54) is 12.1 Å². The summed E-state index contributed by atoms with van der Waals surface area (Å²) in [6.45, 7) is 4.92. The van der Waals surface area contributed by atoms with E-state index < -0.39 is 11.7 Å². The van der Waals surface area contributed by atoms with Gasteiger partial charge in [0.15, 0.2) is 11.0 Å². The highest BCUT2D eigenvalue weighted by molar-refractivity contribution is 7.99. The summed E-state index contributed by atoms with van der Waals surface area (Å²) in [5.74, 6) is 2.32. The van der Waals surface area contributed by atoms with E-state index in [-0.39, 0.29) is 5.41 Å². The molecular formula is C28H28F3N5S. The van der Waals surface area contributed by atoms with Crippen molar-refractivity contribution in [3.63, 3.8) is 0 Å². The summed E-state index contributed by atoms with van der Waals surface area (Å²) in [6.07, 6.45) is -2.19. The van der Waals surface area contributed by atoms with Crippen LogP contribution < -0.4 is 0 Å². The maximum absolute atomic E-state index is 12.9. The molecule has 2 fully saturated rings. The van der Waals surface area contributed by atoms with Crippen LogP contribution in [0.1, 0.15) is 29.7 Å². The molecule has 37 heavy (non-hydrogen) atoms. The zero-order valence-electron chi connectivity index (χ0n) is 20.8. The highest BCUT2D eigenvalue weighted by Gasteiger charge is 2.60. The second kappa shape index (κ2) is 9.13. The molecule has 1 aliphatic heterocycles. The first-order chi connectivity index (χ1) is 17.7. The third-order valence-corrected chi connectivity index (χ3v) is 8.88. The number of aromatic nitrogens is 4. The van der Waals surface area contributed by atoms with Crippen molar-refractivity contribution >= 4 is 22.7 Å². The monoisotopic (exact) mass is 523 g/mol. The van der Waals surface area contributed by atoms with Gasteiger partial charge in [0.2, 0.25) is 0 Å². The first kappa shape index (κ1) is 24.4. The summed E-state index contributed by atoms with van der Waals surface area (Å²) in [7, 11) is 2.00. The summed E-state index contributed by atoms with van der Waals surface area (Å²) in [5.41, 5.74) is 3.51. The molecule has 0 unspecified atom stereocenters. The number of hydrogen-bond acceptors (Lipinski definition) is 5. The van der Waals surface area contributed by atoms with Gasteiger partial charge in [-0.2, -0.15) is 13.2 Å². The molecule has 2 aliphatic rings. The molecule has 0 spiro atoms. The molecule has 2 aromatic carbocycles. The summed E-state index contributed by atoms with van der Waals surface area (Å²) < 4.78 is 40.8. The zero-order chi connectivity index (χ0) is 25.8. The van der Waals surface area contributed by atoms with E-state index in [0.29, 0.717) is 5.92 Å². The van der Waals surface area contributed by atoms with Crippen molar-refractivity contribution in [3.05, 3.63) is 71.4 Å². The standard InChI is InChI=1S/C28H28F3N5S/c1-18-4-5-19-14-20(6-11-24(19)32-18)25-33-34-26(35(25)2)37-13-3-12-36-16-23-15-27(23,17-36)21-7-9-22(10-8-21)28(29,30)31/h4-11,14,23H,3,12-13,15-17H2,1-2H3/t23-,27+/m0/s1. The Labute approximate surface area is 218 Å². The van der Waals surface area contributed by atoms with Gasteiger partial charge in [0.25, 0.3) is 0 Å². The lowest BCUT2D eigenvalue weighted by atomic mass is 9.94. The average molecular weight is 524 g/mol. The molecule has 3 heterocycles. The van der Waals surface area contributed by atoms with Crippen LogP contribution in [-0.4, -0.2) is 50.0 Å². The molecule has 0 radical (unpaired) electrons. The fraction of sp³-hybridized carbons (Fsp3) is 0.393. The van der Waals surface area contributed by atoms with E-state index >= 15 is 0 Å². The number of hydrogen-bond donors (Lipinski definition) is 0. The Morgan fingerprint density at radius 3 is 2.65 bits per heavy atom. The van der Waals surface area contributed by atoms with Crippen LogP contribution in [0, 0.1) is 12.8 Å². The maximum Gasteiger partial charge on any atom is 0.416 e. The number of likely N-dealkylation sites (tertiary alicyclic amines) is 1. The normalized spacial score (nSPS) is 21.5. The SMILES string of the molecule is Cc1ccc2cc(-c3nnc(SCCCN4C[C@@H]5C[C@]5(c5ccc(C(F)(F)F)cc5)C4)n3C)ccc2n1. The quantitative estimate of drug-likeness (QED) is 0.216. The van der Waals surface area contributed by atoms with E-state index in [2.05, 4.69) is 32.2 Å². The number of fused-ring (bicyclic) bond motifs is 2. The Hall–Kier alpha value is -2.91. The van der Waals surface area contributed by atoms with Crippen molar-refractivity contribution in [2.24, 2.45) is 13.0 Å². The molecule has 1 saturated carbocycles. The highest BCUT2D eigenvalue weighted by atomic mass is 32.2. The predicted octanol–water partition coefficient (Wildman–Crippen LogP) is 6.11. The number of nitrogens with zero attached hydrogens (tertiary/aromatic N) is 5. The lowest BCUT2D eigenvalue weighted by molar-refractivity contribution is -0.137. The van der Waals surface area contributed by atoms with E-state index in [0.717, 1.165) is 76.9 Å². The smallest absolute Gasteiger partial charge is 0.305 e. The topological polar surface area (TPSA) is 46.8 Å². The number of pyridine rings is 1. The summed E-state index contributed by atoms with van der Waals surface area (Å²) in [4.78, 5) is 7.03. The molecule has 0 N–H and O–H groups in total. The molecule has 192 valence electrons. The summed E-state index contributed by atoms with van der Waals surface area (Å²) >= 11 is 1.71. The van der Waals surface area contributed by atoms with Crippen molar-refractivity contribution in [2.45, 2.75) is 36.5 Å². The first-order valence-corrected chi connectivity index (χ1v) is 13.5. The Morgan fingerprint density at radius 2 is 1.86 bits per heavy atom. The molecule has 2 aromatic heterocycles. The minimum Gasteiger partial charge on any atom is -0.305 e. The molecule has 4 aromatic rings. The van der Waals surface area contributed by atoms with E-state index in [4.69, 9.17) is 0 Å². The fourth-order valence-corrected chi connectivity index (χ4v) is 6.54. The Kier molecular flexibility index (Phi) is 6.03. The minimum atomic E-state index is -4.28. The van der Waals surface area contributed by atoms with Crippen LogP contribution in [0.3, 0.4) is 0 Å². The van der Waals surface area contributed by atoms with Crippen molar-refractivity contribution in [3.8, 4) is 11.4 Å². The Balaban J connectivity index is 1.03. The van der Waals surface area contributed by atoms with E-state index in [1.807, 2.05) is 36.7 Å². The van der Waals surface area contributed by atoms with Gasteiger partial charge in [-0.25, -0.2) is 0 Å². The maximum atomic E-state index is 12.9. The van der Waals surface area contributed by atoms with Gasteiger partial charge >= 0.3 is 6.18 Å². The molecule has 6 rings (SSSR count). The number of benzene rings is 2. The number of halogens is 3. The lowest BCUT2D eigenvalue weighted by Crippen LogP contribution is -2.28. The van der Waals surface area contributed by atoms with Crippen molar-refractivity contribution in [1.29, 1.82) is 0 Å². The van der Waals surface area contributed by atoms with E-state index in [9.17, 15) is 13.2 Å². The number of piperidine rings is 1. The third kappa shape index (κ3) is 4.63. The van der Waals surface area contributed by atoms with E-state index in [1.54, 1.807) is 23.9 Å². The molecule has 0 bridgehead atoms. The van der Waals surface area contributed by atoms with Crippen LogP contribution in [0.5, 0.6) is 0 Å². The number of thioether (sulfide) groups is 1. The molecular weight excluding hydrogens is 495 g/mol. The highest BCUT2D eigenvalue weighted by Crippen LogP contribution is 2.59. The predicted molar refractivity (Wildman–Crippen MR) is 139 cm³/mol. The second-order valence-corrected chi connectivity index (χ2v) is 11.4. The summed E-state index contributed by atoms with van der Waals surface area (Å²) in [6, 6.07) is 16.1. The number of rotatable bonds is 7. The van der Waals surface area contributed by atoms with Gasteiger partial charge in [-0.05, 0) is 74.2 Å². The lowest BCUT2D eigenvalue weighted by Gasteiger charge is -2.21. The zero-order valence-corrected chi connectivity index (χ0v) is 21.6. The third-order valence-electron chi connectivity index (χ3n) is 7.77. The van der Waals surface area contributed by atoms with Gasteiger partial charge < -0.3 is 9.47 Å². The van der Waals surface area contributed by atoms with Gasteiger partial charge in [0, 0.05) is 47.9 Å². The Bertz CT molecular complexity index is 1450. The van der Waals surface area contributed by atoms with Crippen LogP contribution in [0.25, 0.3) is 22.3 Å². The van der Waals surface area contributed by atoms with Crippen molar-refractivity contribution in [2.75, 3.05) is 25.4 Å². The first-order valence-electron chi connectivity index (χ1n) is 12.5. The van der Waals surface area contributed by atoms with Crippen LogP contribution in [-0.2, 0) is 18.6 Å². The van der Waals surface area contributed by atoms with Gasteiger partial charge in [-0.1, -0.05) is 30.0 Å². The second-order valence-electron chi connectivity index (χ2n) is 10.3. The molecule has 1 aliphatic carbocycles. The molecule has 1 saturated heterocycles. The van der Waals surface area contributed by atoms with Gasteiger partial charge in [0.05, 0.1) is 11.1 Å². The Morgan fingerprint density at radius 1 is 1.05 bits per heavy atom. The minimum absolute atomic E-state index is 0.0455. The van der Waals surface area contributed by atoms with Gasteiger partial charge in [-0.3, -0.25) is 4.98 Å². The summed E-state index contributed by atoms with van der Waals surface area (Å²) in [5, 5.41) is 10.8. The number of aryl methyl sites for hydroxylation is 1. The van der Waals surface area contributed by atoms with Crippen molar-refractivity contribution in [1.82, 2.24) is 24.6 Å². The fourth-order valence-electron chi connectivity index (χ4n) is 5.71. The molecule has 0 amide bonds. The van der Waals surface area contributed by atoms with Crippen LogP contribution in [0.15, 0.2) is 59.8 Å². The molecule has 9 heteroatoms.